The molecular formula is C27H25N3O2S. The van der Waals surface area contributed by atoms with Crippen LogP contribution in [0.1, 0.15) is 12.8 Å². The molecule has 6 heteroatoms. The number of carboxylic acid groups (broad SMARTS) is 1. The Hall–Kier alpha value is -3.64. The van der Waals surface area contributed by atoms with Crippen molar-refractivity contribution in [1.29, 1.82) is 0 Å². The molecule has 1 atom stereocenters. The molecule has 5 nitrogen and oxygen atoms in total. The van der Waals surface area contributed by atoms with Crippen LogP contribution in [-0.2, 0) is 4.79 Å². The van der Waals surface area contributed by atoms with Gasteiger partial charge in [-0.05, 0) is 41.7 Å². The van der Waals surface area contributed by atoms with Crippen LogP contribution < -0.4 is 10.6 Å². The molecule has 1 aromatic heterocycles. The molecule has 0 unspecified atom stereocenters. The third-order valence-electron chi connectivity index (χ3n) is 6.10. The topological polar surface area (TPSA) is 79.5 Å². The van der Waals surface area contributed by atoms with E-state index in [1.54, 1.807) is 11.3 Å². The molecule has 3 aromatic carbocycles. The number of anilines is 2. The first-order valence-electron chi connectivity index (χ1n) is 11.1. The quantitative estimate of drug-likeness (QED) is 0.359. The minimum Gasteiger partial charge on any atom is -0.481 e. The second-order valence-corrected chi connectivity index (χ2v) is 9.34. The van der Waals surface area contributed by atoms with Crippen molar-refractivity contribution in [2.24, 2.45) is 5.92 Å². The van der Waals surface area contributed by atoms with Gasteiger partial charge in [-0.2, -0.15) is 0 Å². The lowest BCUT2D eigenvalue weighted by molar-refractivity contribution is -0.141. The number of thiazole rings is 1. The summed E-state index contributed by atoms with van der Waals surface area (Å²) in [5, 5.41) is 10.4. The largest absolute Gasteiger partial charge is 0.481 e. The number of benzene rings is 3. The van der Waals surface area contributed by atoms with E-state index in [9.17, 15) is 9.90 Å². The van der Waals surface area contributed by atoms with E-state index in [1.807, 2.05) is 42.5 Å². The Morgan fingerprint density at radius 3 is 2.21 bits per heavy atom. The van der Waals surface area contributed by atoms with Crippen molar-refractivity contribution in [3.8, 4) is 32.8 Å². The molecule has 1 fully saturated rings. The number of nitrogens with zero attached hydrogens (tertiary/aromatic N) is 2. The van der Waals surface area contributed by atoms with Gasteiger partial charge in [0, 0.05) is 24.3 Å². The molecule has 0 bridgehead atoms. The van der Waals surface area contributed by atoms with Crippen molar-refractivity contribution in [2.75, 3.05) is 23.7 Å². The highest BCUT2D eigenvalue weighted by Crippen LogP contribution is 2.41. The predicted molar refractivity (Wildman–Crippen MR) is 135 cm³/mol. The number of nitrogens with two attached hydrogens (primary N) is 1. The second-order valence-electron chi connectivity index (χ2n) is 8.36. The average Bonchev–Trinajstić information content (AvgIpc) is 3.31. The van der Waals surface area contributed by atoms with E-state index in [4.69, 9.17) is 10.7 Å². The van der Waals surface area contributed by atoms with E-state index in [1.165, 1.54) is 0 Å². The van der Waals surface area contributed by atoms with Gasteiger partial charge in [0.05, 0.1) is 16.5 Å². The lowest BCUT2D eigenvalue weighted by Crippen LogP contribution is -2.38. The van der Waals surface area contributed by atoms with Gasteiger partial charge in [0.1, 0.15) is 0 Å². The fourth-order valence-corrected chi connectivity index (χ4v) is 5.40. The highest BCUT2D eigenvalue weighted by molar-refractivity contribution is 7.19. The van der Waals surface area contributed by atoms with Crippen molar-refractivity contribution < 1.29 is 9.90 Å². The monoisotopic (exact) mass is 455 g/mol. The number of piperidine rings is 1. The van der Waals surface area contributed by atoms with E-state index in [0.29, 0.717) is 6.54 Å². The number of aliphatic carboxylic acids is 1. The average molecular weight is 456 g/mol. The molecule has 5 rings (SSSR count). The zero-order valence-electron chi connectivity index (χ0n) is 18.1. The molecule has 4 aromatic rings. The maximum atomic E-state index is 11.6. The Morgan fingerprint density at radius 2 is 1.55 bits per heavy atom. The van der Waals surface area contributed by atoms with Crippen LogP contribution in [0.5, 0.6) is 0 Å². The van der Waals surface area contributed by atoms with Crippen molar-refractivity contribution in [1.82, 2.24) is 4.98 Å². The van der Waals surface area contributed by atoms with E-state index < -0.39 is 5.97 Å². The zero-order valence-corrected chi connectivity index (χ0v) is 19.0. The molecule has 0 amide bonds. The highest BCUT2D eigenvalue weighted by atomic mass is 32.1. The highest BCUT2D eigenvalue weighted by Gasteiger charge is 2.28. The Bertz CT molecular complexity index is 1250. The van der Waals surface area contributed by atoms with Gasteiger partial charge >= 0.3 is 5.97 Å². The number of hydrogen-bond donors (Lipinski definition) is 2. The van der Waals surface area contributed by atoms with Crippen LogP contribution in [0.25, 0.3) is 32.8 Å². The first kappa shape index (κ1) is 21.2. The summed E-state index contributed by atoms with van der Waals surface area (Å²) in [5.74, 6) is -1.07. The fraction of sp³-hybridized carbons (Fsp3) is 0.185. The third kappa shape index (κ3) is 4.47. The first-order chi connectivity index (χ1) is 16.1. The number of carboxylic acids is 1. The summed E-state index contributed by atoms with van der Waals surface area (Å²) in [5.41, 5.74) is 11.9. The summed E-state index contributed by atoms with van der Waals surface area (Å²) in [6.07, 6.45) is 1.59. The molecule has 0 aliphatic carbocycles. The zero-order chi connectivity index (χ0) is 22.8. The molecular weight excluding hydrogens is 430 g/mol. The maximum absolute atomic E-state index is 11.6. The number of carbonyl (C=O) groups is 1. The van der Waals surface area contributed by atoms with Crippen LogP contribution in [0.3, 0.4) is 0 Å². The van der Waals surface area contributed by atoms with Crippen molar-refractivity contribution in [3.63, 3.8) is 0 Å². The first-order valence-corrected chi connectivity index (χ1v) is 11.9. The molecule has 33 heavy (non-hydrogen) atoms. The van der Waals surface area contributed by atoms with E-state index in [0.717, 1.165) is 63.0 Å². The van der Waals surface area contributed by atoms with Crippen molar-refractivity contribution in [2.45, 2.75) is 12.8 Å². The van der Waals surface area contributed by atoms with Gasteiger partial charge in [0.15, 0.2) is 5.13 Å². The maximum Gasteiger partial charge on any atom is 0.308 e. The second kappa shape index (κ2) is 9.08. The van der Waals surface area contributed by atoms with Crippen molar-refractivity contribution in [3.05, 3.63) is 78.9 Å². The SMILES string of the molecule is Nc1ccc(-c2ccc(-c3nc(N4CCC[C@@H](C(=O)O)C4)sc3-c3ccccc3)cc2)cc1. The van der Waals surface area contributed by atoms with E-state index >= 15 is 0 Å². The standard InChI is InChI=1S/C27H25N3O2S/c28-23-14-12-19(13-15-23)18-8-10-20(11-9-18)24-25(21-5-2-1-3-6-21)33-27(29-24)30-16-4-7-22(17-30)26(31)32/h1-3,5-6,8-15,22H,4,7,16-17,28H2,(H,31,32)/t22-/m1/s1. The number of hydrogen-bond acceptors (Lipinski definition) is 5. The summed E-state index contributed by atoms with van der Waals surface area (Å²) in [4.78, 5) is 19.8. The summed E-state index contributed by atoms with van der Waals surface area (Å²) < 4.78 is 0. The van der Waals surface area contributed by atoms with Gasteiger partial charge in [-0.3, -0.25) is 4.79 Å². The molecule has 2 heterocycles. The number of aromatic nitrogens is 1. The van der Waals surface area contributed by atoms with Gasteiger partial charge < -0.3 is 15.7 Å². The molecule has 1 aliphatic heterocycles. The summed E-state index contributed by atoms with van der Waals surface area (Å²) in [6, 6.07) is 26.6. The Labute approximate surface area is 197 Å². The van der Waals surface area contributed by atoms with E-state index in [-0.39, 0.29) is 5.92 Å². The minimum absolute atomic E-state index is 0.342. The molecule has 0 saturated carbocycles. The van der Waals surface area contributed by atoms with Gasteiger partial charge in [-0.1, -0.05) is 78.1 Å². The van der Waals surface area contributed by atoms with E-state index in [2.05, 4.69) is 41.3 Å². The molecule has 0 spiro atoms. The Kier molecular flexibility index (Phi) is 5.84. The number of nitrogen functional groups attached to an aromatic ring is 1. The summed E-state index contributed by atoms with van der Waals surface area (Å²) >= 11 is 1.64. The summed E-state index contributed by atoms with van der Waals surface area (Å²) in [6.45, 7) is 1.34. The van der Waals surface area contributed by atoms with Gasteiger partial charge in [0.2, 0.25) is 0 Å². The van der Waals surface area contributed by atoms with Gasteiger partial charge in [-0.25, -0.2) is 4.98 Å². The van der Waals surface area contributed by atoms with Crippen LogP contribution in [-0.4, -0.2) is 29.1 Å². The van der Waals surface area contributed by atoms with Crippen molar-refractivity contribution >= 4 is 28.1 Å². The number of rotatable bonds is 5. The molecule has 166 valence electrons. The Morgan fingerprint density at radius 1 is 0.909 bits per heavy atom. The van der Waals surface area contributed by atoms with Crippen LogP contribution in [0.4, 0.5) is 10.8 Å². The molecule has 1 aliphatic rings. The molecule has 3 N–H and O–H groups in total. The van der Waals surface area contributed by atoms with Gasteiger partial charge in [0.25, 0.3) is 0 Å². The fourth-order valence-electron chi connectivity index (χ4n) is 4.27. The normalized spacial score (nSPS) is 16.0. The lowest BCUT2D eigenvalue weighted by Gasteiger charge is -2.30. The smallest absolute Gasteiger partial charge is 0.308 e. The van der Waals surface area contributed by atoms with Gasteiger partial charge in [-0.15, -0.1) is 0 Å². The molecule has 0 radical (unpaired) electrons. The van der Waals surface area contributed by atoms with Crippen LogP contribution >= 0.6 is 11.3 Å². The lowest BCUT2D eigenvalue weighted by atomic mass is 9.99. The third-order valence-corrected chi connectivity index (χ3v) is 7.26. The van der Waals surface area contributed by atoms with Crippen LogP contribution in [0.2, 0.25) is 0 Å². The predicted octanol–water partition coefficient (Wildman–Crippen LogP) is 6.03. The minimum atomic E-state index is -0.724. The Balaban J connectivity index is 1.52. The van der Waals surface area contributed by atoms with Crippen LogP contribution in [0, 0.1) is 5.92 Å². The molecule has 1 saturated heterocycles. The summed E-state index contributed by atoms with van der Waals surface area (Å²) in [7, 11) is 0. The van der Waals surface area contributed by atoms with Crippen LogP contribution in [0.15, 0.2) is 78.9 Å².